The lowest BCUT2D eigenvalue weighted by atomic mass is 9.97. The number of alkyl halides is 3. The average molecular weight is 519 g/mol. The third-order valence-corrected chi connectivity index (χ3v) is 7.06. The number of rotatable bonds is 10. The Morgan fingerprint density at radius 3 is 2.57 bits per heavy atom. The Bertz CT molecular complexity index is 1120. The van der Waals surface area contributed by atoms with E-state index in [1.54, 1.807) is 0 Å². The van der Waals surface area contributed by atoms with Gasteiger partial charge in [-0.2, -0.15) is 13.2 Å². The molecule has 2 aromatic rings. The minimum absolute atomic E-state index is 0.0217. The lowest BCUT2D eigenvalue weighted by Crippen LogP contribution is -2.41. The summed E-state index contributed by atoms with van der Waals surface area (Å²) in [5.41, 5.74) is 2.41. The van der Waals surface area contributed by atoms with Gasteiger partial charge in [-0.05, 0) is 54.0 Å². The summed E-state index contributed by atoms with van der Waals surface area (Å²) >= 11 is 0. The first kappa shape index (κ1) is 26.8. The van der Waals surface area contributed by atoms with Crippen molar-refractivity contribution in [3.8, 4) is 0 Å². The summed E-state index contributed by atoms with van der Waals surface area (Å²) in [6, 6.07) is 11.1. The van der Waals surface area contributed by atoms with Crippen LogP contribution in [0.5, 0.6) is 0 Å². The highest BCUT2D eigenvalue weighted by atomic mass is 19.4. The van der Waals surface area contributed by atoms with Gasteiger partial charge in [0.1, 0.15) is 0 Å². The van der Waals surface area contributed by atoms with Gasteiger partial charge < -0.3 is 20.2 Å². The van der Waals surface area contributed by atoms with Gasteiger partial charge in [-0.15, -0.1) is 0 Å². The molecule has 1 heterocycles. The molecule has 0 bridgehead atoms. The van der Waals surface area contributed by atoms with Crippen LogP contribution in [-0.4, -0.2) is 71.6 Å². The van der Waals surface area contributed by atoms with Crippen LogP contribution in [0, 0.1) is 5.92 Å². The van der Waals surface area contributed by atoms with Gasteiger partial charge >= 0.3 is 12.3 Å². The summed E-state index contributed by atoms with van der Waals surface area (Å²) in [4.78, 5) is 29.2. The molecule has 2 aromatic carbocycles. The largest absolute Gasteiger partial charge is 0.465 e. The number of likely N-dealkylation sites (N-methyl/N-ethyl adjacent to an activating group) is 1. The van der Waals surface area contributed by atoms with E-state index in [2.05, 4.69) is 16.3 Å². The molecule has 37 heavy (non-hydrogen) atoms. The van der Waals surface area contributed by atoms with Crippen molar-refractivity contribution in [2.45, 2.75) is 38.5 Å². The van der Waals surface area contributed by atoms with Crippen LogP contribution in [0.3, 0.4) is 0 Å². The highest BCUT2D eigenvalue weighted by Gasteiger charge is 2.34. The van der Waals surface area contributed by atoms with Crippen LogP contribution in [-0.2, 0) is 30.5 Å². The van der Waals surface area contributed by atoms with Crippen LogP contribution in [0.25, 0.3) is 0 Å². The van der Waals surface area contributed by atoms with E-state index in [9.17, 15) is 27.9 Å². The first-order chi connectivity index (χ1) is 17.6. The Kier molecular flexibility index (Phi) is 8.26. The third kappa shape index (κ3) is 7.15. The number of carbonyl (C=O) groups is 2. The molecule has 0 spiro atoms. The minimum Gasteiger partial charge on any atom is -0.465 e. The predicted octanol–water partition coefficient (Wildman–Crippen LogP) is 4.52. The van der Waals surface area contributed by atoms with Gasteiger partial charge in [0, 0.05) is 52.0 Å². The molecule has 2 N–H and O–H groups in total. The summed E-state index contributed by atoms with van der Waals surface area (Å²) in [7, 11) is 1.36. The number of hydrogen-bond donors (Lipinski definition) is 2. The summed E-state index contributed by atoms with van der Waals surface area (Å²) in [6.07, 6.45) is -2.23. The van der Waals surface area contributed by atoms with Crippen molar-refractivity contribution in [2.24, 2.45) is 5.92 Å². The Morgan fingerprint density at radius 2 is 1.86 bits per heavy atom. The van der Waals surface area contributed by atoms with Gasteiger partial charge in [0.2, 0.25) is 5.91 Å². The number of halogens is 3. The summed E-state index contributed by atoms with van der Waals surface area (Å²) in [5.74, 6) is 0.374. The number of hydrogen-bond acceptors (Lipinski definition) is 4. The summed E-state index contributed by atoms with van der Waals surface area (Å²) in [6.45, 7) is 2.46. The van der Waals surface area contributed by atoms with Crippen molar-refractivity contribution >= 4 is 17.7 Å². The maximum atomic E-state index is 13.6. The van der Waals surface area contributed by atoms with Gasteiger partial charge in [0.15, 0.2) is 0 Å². The maximum absolute atomic E-state index is 13.6. The fourth-order valence-corrected chi connectivity index (χ4v) is 4.71. The fourth-order valence-electron chi connectivity index (χ4n) is 4.71. The number of carboxylic acid groups (broad SMARTS) is 1. The van der Waals surface area contributed by atoms with E-state index >= 15 is 0 Å². The Morgan fingerprint density at radius 1 is 1.11 bits per heavy atom. The molecule has 200 valence electrons. The molecular weight excluding hydrogens is 485 g/mol. The van der Waals surface area contributed by atoms with Crippen molar-refractivity contribution < 1.29 is 27.9 Å². The monoisotopic (exact) mass is 518 g/mol. The first-order valence-electron chi connectivity index (χ1n) is 12.6. The topological polar surface area (TPSA) is 76.1 Å². The second-order valence-corrected chi connectivity index (χ2v) is 9.90. The summed E-state index contributed by atoms with van der Waals surface area (Å²) in [5, 5.41) is 12.4. The normalized spacial score (nSPS) is 15.7. The van der Waals surface area contributed by atoms with Gasteiger partial charge in [-0.3, -0.25) is 9.69 Å². The molecule has 10 heteroatoms. The van der Waals surface area contributed by atoms with E-state index in [1.807, 2.05) is 12.1 Å². The molecule has 2 aliphatic rings. The molecular formula is C27H33F3N4O3. The second-order valence-electron chi connectivity index (χ2n) is 9.90. The summed E-state index contributed by atoms with van der Waals surface area (Å²) < 4.78 is 40.7. The molecule has 1 aliphatic heterocycles. The zero-order valence-corrected chi connectivity index (χ0v) is 20.9. The molecule has 2 amide bonds. The molecule has 1 saturated carbocycles. The molecule has 0 aromatic heterocycles. The van der Waals surface area contributed by atoms with Gasteiger partial charge in [0.25, 0.3) is 0 Å². The Balaban J connectivity index is 1.47. The fraction of sp³-hybridized carbons (Fsp3) is 0.481. The number of amides is 2. The number of fused-ring (bicyclic) bond motifs is 1. The van der Waals surface area contributed by atoms with Crippen LogP contribution >= 0.6 is 0 Å². The third-order valence-electron chi connectivity index (χ3n) is 7.06. The minimum atomic E-state index is -4.56. The number of nitrogens with zero attached hydrogens (tertiary/aromatic N) is 3. The van der Waals surface area contributed by atoms with Gasteiger partial charge in [-0.25, -0.2) is 4.79 Å². The highest BCUT2D eigenvalue weighted by molar-refractivity contribution is 5.81. The second kappa shape index (κ2) is 11.4. The number of anilines is 1. The predicted molar refractivity (Wildman–Crippen MR) is 134 cm³/mol. The highest BCUT2D eigenvalue weighted by Crippen LogP contribution is 2.34. The standard InChI is InChI=1S/C27H33F3N4O3/c1-32(26(36)37)13-14-34(17-21-5-2-3-7-23(21)27(28,29)30)25(35)15-31-24-8-4-6-20-11-12-33(18-22(20)24)16-19-9-10-19/h2-8,19,31H,9-18H2,1H3,(H,36,37). The average Bonchev–Trinajstić information content (AvgIpc) is 3.68. The van der Waals surface area contributed by atoms with Crippen molar-refractivity contribution in [3.05, 3.63) is 64.7 Å². The lowest BCUT2D eigenvalue weighted by Gasteiger charge is -2.31. The van der Waals surface area contributed by atoms with Gasteiger partial charge in [0.05, 0.1) is 12.1 Å². The molecule has 0 saturated heterocycles. The zero-order chi connectivity index (χ0) is 26.6. The van der Waals surface area contributed by atoms with E-state index in [-0.39, 0.29) is 31.7 Å². The van der Waals surface area contributed by atoms with Gasteiger partial charge in [-0.1, -0.05) is 30.3 Å². The van der Waals surface area contributed by atoms with Crippen LogP contribution in [0.15, 0.2) is 42.5 Å². The first-order valence-corrected chi connectivity index (χ1v) is 12.6. The number of carbonyl (C=O) groups excluding carboxylic acids is 1. The van der Waals surface area contributed by atoms with E-state index in [4.69, 9.17) is 0 Å². The molecule has 7 nitrogen and oxygen atoms in total. The zero-order valence-electron chi connectivity index (χ0n) is 20.9. The van der Waals surface area contributed by atoms with Crippen LogP contribution in [0.2, 0.25) is 0 Å². The SMILES string of the molecule is CN(CCN(Cc1ccccc1C(F)(F)F)C(=O)CNc1cccc2c1CN(CC1CC1)CC2)C(=O)O. The molecule has 1 aliphatic carbocycles. The van der Waals surface area contributed by atoms with Crippen LogP contribution in [0.4, 0.5) is 23.7 Å². The molecule has 1 fully saturated rings. The van der Waals surface area contributed by atoms with E-state index in [1.165, 1.54) is 48.6 Å². The lowest BCUT2D eigenvalue weighted by molar-refractivity contribution is -0.139. The van der Waals surface area contributed by atoms with Crippen molar-refractivity contribution in [3.63, 3.8) is 0 Å². The molecule has 0 unspecified atom stereocenters. The Hall–Kier alpha value is -3.27. The molecule has 0 atom stereocenters. The smallest absolute Gasteiger partial charge is 0.416 e. The van der Waals surface area contributed by atoms with E-state index < -0.39 is 23.7 Å². The van der Waals surface area contributed by atoms with Crippen LogP contribution in [0.1, 0.15) is 35.1 Å². The number of nitrogens with one attached hydrogen (secondary N) is 1. The molecule has 4 rings (SSSR count). The van der Waals surface area contributed by atoms with E-state index in [0.29, 0.717) is 0 Å². The Labute approximate surface area is 214 Å². The molecule has 0 radical (unpaired) electrons. The van der Waals surface area contributed by atoms with Crippen LogP contribution < -0.4 is 5.32 Å². The quantitative estimate of drug-likeness (QED) is 0.484. The van der Waals surface area contributed by atoms with Crippen molar-refractivity contribution in [1.82, 2.24) is 14.7 Å². The van der Waals surface area contributed by atoms with E-state index in [0.717, 1.165) is 54.2 Å². The maximum Gasteiger partial charge on any atom is 0.416 e. The number of benzene rings is 2. The van der Waals surface area contributed by atoms with Crippen molar-refractivity contribution in [1.29, 1.82) is 0 Å². The van der Waals surface area contributed by atoms with Crippen molar-refractivity contribution in [2.75, 3.05) is 45.1 Å².